The molecule has 26 nitrogen and oxygen atoms in total. The van der Waals surface area contributed by atoms with Crippen LogP contribution >= 0.6 is 12.0 Å². The van der Waals surface area contributed by atoms with Gasteiger partial charge < -0.3 is 63.4 Å². The summed E-state index contributed by atoms with van der Waals surface area (Å²) in [5.74, 6) is 5.84. The molecule has 0 aromatic carbocycles. The van der Waals surface area contributed by atoms with Gasteiger partial charge in [-0.25, -0.2) is 0 Å². The molecule has 134 heavy (non-hydrogen) atoms. The molecule has 17 fully saturated rings. The first-order valence-electron chi connectivity index (χ1n) is 53.4. The highest BCUT2D eigenvalue weighted by Crippen LogP contribution is 2.24. The van der Waals surface area contributed by atoms with E-state index in [1.54, 1.807) is 0 Å². The number of carbonyl (C=O) groups excluding carboxylic acids is 5. The Labute approximate surface area is 831 Å². The zero-order valence-corrected chi connectivity index (χ0v) is 92.5. The van der Waals surface area contributed by atoms with Gasteiger partial charge in [-0.3, -0.25) is 62.5 Å². The molecule has 3 unspecified atom stereocenters. The van der Waals surface area contributed by atoms with Crippen molar-refractivity contribution in [1.29, 1.82) is 0 Å². The number of likely N-dealkylation sites (tertiary alicyclic amines) is 13. The third kappa shape index (κ3) is 76.4. The van der Waals surface area contributed by atoms with E-state index in [-0.39, 0.29) is 0 Å². The molecule has 27 heteroatoms. The van der Waals surface area contributed by atoms with E-state index in [0.717, 1.165) is 187 Å². The first-order valence-corrected chi connectivity index (χ1v) is 54.3. The van der Waals surface area contributed by atoms with Crippen LogP contribution in [0.1, 0.15) is 259 Å². The van der Waals surface area contributed by atoms with E-state index in [2.05, 4.69) is 222 Å². The lowest BCUT2D eigenvalue weighted by molar-refractivity contribution is -0.122. The number of ketones is 5. The number of rotatable bonds is 2. The van der Waals surface area contributed by atoms with Crippen LogP contribution in [0.15, 0.2) is 36.8 Å². The van der Waals surface area contributed by atoms with Gasteiger partial charge in [-0.1, -0.05) is 79.0 Å². The molecule has 0 radical (unpaired) electrons. The van der Waals surface area contributed by atoms with Crippen LogP contribution in [0.2, 0.25) is 0 Å². The largest absolute Gasteiger partial charge is 0.379 e. The Balaban J connectivity index is 0.000000713. The topological polar surface area (TPSA) is 171 Å². The molecule has 17 saturated heterocycles. The van der Waals surface area contributed by atoms with Crippen molar-refractivity contribution >= 4 is 41.0 Å². The quantitative estimate of drug-likeness (QED) is 0.239. The smallest absolute Gasteiger partial charge is 0.148 e. The van der Waals surface area contributed by atoms with Gasteiger partial charge in [-0.2, -0.15) is 0 Å². The number of piperidine rings is 5. The summed E-state index contributed by atoms with van der Waals surface area (Å²) in [7, 11) is 38.0. The molecule has 17 aliphatic rings. The Kier molecular flexibility index (Phi) is 79.8. The van der Waals surface area contributed by atoms with Crippen LogP contribution in [0.25, 0.3) is 0 Å². The summed E-state index contributed by atoms with van der Waals surface area (Å²) >= 11 is 1.51. The standard InChI is InChI=1S/2C9H19N.C8H15N.2C7H13NO.C7H13N.C7H15N.C6H14N2.2C6H11NO.C6H11N.C6H13N.2C5H11NO.C5H9NO.C5H11N.C3H7NOS/c1-8(2)9-5-4-6-10(3)7-9;1-3-9-6-4-5-7-10(2)8-9;1-8-6-4-3-5-7-9(8)2;1-8-5-2-3-7(9)4-6-8;1-8-5-3-2-4-7(9)6-8;1-7-5-3-4-6-8(7)2;1-8-6-4-2-3-5-7-8;1-7-4-3-5-8(2)6-7;1-7-4-2-6(8)3-5-7;1-7-4-2-3-6(8)5-7;1-6-4-3-5-7(6)2;1-7-5-3-2-4-6-7;1-5-3-6(2)4-7-5;1-6-2-4-7-5-3-6;1-6-3-2-5(7)4-6;1-6-4-2-3-5-6;1-4-2-5-6-3-4/h8-9H,4-7H2,1-3H3;9H,3-8H2,1-2H3;1,3-7H2,2H3;2*2-6H2,1H3;1,3-6H2,2H3;2-7H2,1H3;3-6H2,1-2H3;2*2-5H2,1H3;1,3-5H2,2H3;2-6H2,1H3;5H,3-4H2,1-2H3;2-5H2,1H3;2-4H2,1H3;2-5H2,1H3;2-3H2,1H3. The van der Waals surface area contributed by atoms with Crippen LogP contribution in [0.3, 0.4) is 0 Å². The van der Waals surface area contributed by atoms with Gasteiger partial charge in [0, 0.05) is 187 Å². The van der Waals surface area contributed by atoms with Gasteiger partial charge in [0.2, 0.25) is 0 Å². The van der Waals surface area contributed by atoms with E-state index >= 15 is 0 Å². The molecule has 0 aliphatic carbocycles. The van der Waals surface area contributed by atoms with Crippen LogP contribution in [0.5, 0.6) is 0 Å². The molecule has 0 N–H and O–H groups in total. The summed E-state index contributed by atoms with van der Waals surface area (Å²) in [5, 5.41) is 0. The molecule has 788 valence electrons. The number of allylic oxidation sites excluding steroid dienone is 3. The van der Waals surface area contributed by atoms with Crippen LogP contribution in [-0.2, 0) is 37.6 Å². The van der Waals surface area contributed by atoms with Crippen molar-refractivity contribution in [2.24, 2.45) is 17.8 Å². The molecule has 0 aromatic heterocycles. The van der Waals surface area contributed by atoms with E-state index in [9.17, 15) is 24.0 Å². The number of hydrogen-bond acceptors (Lipinski definition) is 27. The van der Waals surface area contributed by atoms with Gasteiger partial charge >= 0.3 is 0 Å². The Morgan fingerprint density at radius 3 is 1.01 bits per heavy atom. The Morgan fingerprint density at radius 1 is 0.299 bits per heavy atom. The fraction of sp³-hybridized carbons (Fsp3) is 0.897. The highest BCUT2D eigenvalue weighted by Gasteiger charge is 2.22. The van der Waals surface area contributed by atoms with Gasteiger partial charge in [-0.05, 0) is 350 Å². The van der Waals surface area contributed by atoms with E-state index in [1.165, 1.54) is 294 Å². The second-order valence-corrected chi connectivity index (χ2v) is 42.8. The van der Waals surface area contributed by atoms with Crippen molar-refractivity contribution in [2.45, 2.75) is 265 Å². The molecule has 0 spiro atoms. The average Bonchev–Trinajstić information content (AvgIpc) is 1.43. The lowest BCUT2D eigenvalue weighted by Crippen LogP contribution is -2.40. The van der Waals surface area contributed by atoms with Crippen molar-refractivity contribution in [1.82, 2.24) is 88.2 Å². The number of morpholine rings is 1. The van der Waals surface area contributed by atoms with Gasteiger partial charge in [0.25, 0.3) is 0 Å². The number of ether oxygens (including phenoxy) is 2. The molecule has 0 aromatic rings. The Bertz CT molecular complexity index is 2840. The van der Waals surface area contributed by atoms with E-state index in [4.69, 9.17) is 13.7 Å². The monoisotopic (exact) mass is 1910 g/mol. The minimum Gasteiger partial charge on any atom is -0.379 e. The van der Waals surface area contributed by atoms with Crippen molar-refractivity contribution in [3.63, 3.8) is 0 Å². The molecular weight excluding hydrogens is 1700 g/mol. The summed E-state index contributed by atoms with van der Waals surface area (Å²) in [4.78, 5) is 93.9. The second kappa shape index (κ2) is 83.1. The van der Waals surface area contributed by atoms with Crippen molar-refractivity contribution in [3.05, 3.63) is 36.8 Å². The Morgan fingerprint density at radius 2 is 0.627 bits per heavy atom. The maximum absolute atomic E-state index is 10.9. The molecule has 17 rings (SSSR count). The number of likely N-dealkylation sites (N-methyl/N-ethyl adjacent to an activating group) is 5. The minimum atomic E-state index is 0.377. The highest BCUT2D eigenvalue weighted by atomic mass is 32.2. The summed E-state index contributed by atoms with van der Waals surface area (Å²) in [6.45, 7) is 57.1. The maximum atomic E-state index is 10.9. The van der Waals surface area contributed by atoms with Crippen LogP contribution in [0, 0.1) is 17.8 Å². The van der Waals surface area contributed by atoms with Crippen molar-refractivity contribution in [2.75, 3.05) is 349 Å². The zero-order chi connectivity index (χ0) is 99.6. The SMILES string of the molecule is C=C1CCCCCN1C.C=C1CCCCN1C.C=C1CCCN1C.CC(C)C1CCCN(C)C1.CC1CN(C)CO1.CCC1CCCCN(C)C1.CN1CCC(=O)C1.CN1CCC(=O)CC1.CN1CCCC(=O)C1.CN1CCCC(=O)CC1.CN1CCCC1.CN1CCCCC(=O)C1.CN1CCCCC1.CN1CCCCCC1.CN1CCCN(C)C1.CN1CCOCC1.CN1COSC1. The average molecular weight is 1920 g/mol. The summed E-state index contributed by atoms with van der Waals surface area (Å²) in [6.07, 6.45) is 44.6. The predicted octanol–water partition coefficient (Wildman–Crippen LogP) is 15.0. The highest BCUT2D eigenvalue weighted by molar-refractivity contribution is 7.94. The lowest BCUT2D eigenvalue weighted by Gasteiger charge is -2.31. The summed E-state index contributed by atoms with van der Waals surface area (Å²) in [5.41, 5.74) is 3.91. The van der Waals surface area contributed by atoms with E-state index in [0.29, 0.717) is 54.7 Å². The second-order valence-electron chi connectivity index (χ2n) is 42.1. The first kappa shape index (κ1) is 129. The van der Waals surface area contributed by atoms with Gasteiger partial charge in [-0.15, -0.1) is 0 Å². The zero-order valence-electron chi connectivity index (χ0n) is 91.7. The Hall–Kier alpha value is -3.40. The normalized spacial score (nSPS) is 25.4. The third-order valence-electron chi connectivity index (χ3n) is 27.4. The fourth-order valence-corrected chi connectivity index (χ4v) is 18.2. The number of hydrogen-bond donors (Lipinski definition) is 0. The van der Waals surface area contributed by atoms with Crippen LogP contribution < -0.4 is 0 Å². The number of nitrogens with zero attached hydrogens (tertiary/aromatic N) is 18. The number of carbonyl (C=O) groups is 5. The number of Topliss-reactive ketones (excluding diaryl/α,β-unsaturated/α-hetero) is 5. The molecule has 17 heterocycles. The minimum absolute atomic E-state index is 0.377. The molecule has 0 saturated carbocycles. The van der Waals surface area contributed by atoms with E-state index < -0.39 is 0 Å². The first-order chi connectivity index (χ1) is 63.9. The molecule has 3 atom stereocenters. The van der Waals surface area contributed by atoms with Gasteiger partial charge in [0.1, 0.15) is 35.6 Å². The molecule has 17 aliphatic heterocycles. The third-order valence-corrected chi connectivity index (χ3v) is 28.2. The van der Waals surface area contributed by atoms with Crippen LogP contribution in [-0.4, -0.2) is 473 Å². The molecule has 0 amide bonds. The molecule has 0 bridgehead atoms. The maximum Gasteiger partial charge on any atom is 0.148 e. The van der Waals surface area contributed by atoms with E-state index in [1.807, 2.05) is 40.1 Å². The van der Waals surface area contributed by atoms with Crippen molar-refractivity contribution in [3.8, 4) is 0 Å². The molecular formula is C107H216N18O8S. The van der Waals surface area contributed by atoms with Gasteiger partial charge in [0.05, 0.1) is 58.2 Å². The van der Waals surface area contributed by atoms with Gasteiger partial charge in [0.15, 0.2) is 0 Å². The predicted molar refractivity (Wildman–Crippen MR) is 572 cm³/mol. The van der Waals surface area contributed by atoms with Crippen molar-refractivity contribution < 1.29 is 37.6 Å². The summed E-state index contributed by atoms with van der Waals surface area (Å²) in [6, 6.07) is 0. The summed E-state index contributed by atoms with van der Waals surface area (Å²) < 4.78 is 15.2. The lowest BCUT2D eigenvalue weighted by atomic mass is 9.88. The fourth-order valence-electron chi connectivity index (χ4n) is 17.6. The van der Waals surface area contributed by atoms with Crippen LogP contribution in [0.4, 0.5) is 0 Å².